The molecule has 0 aromatic heterocycles. The SMILES string of the molecule is COc1cc(NC(=O)CCCCCCN)ccc1NC(N)=O. The Balaban J connectivity index is 2.51. The lowest BCUT2D eigenvalue weighted by molar-refractivity contribution is -0.116. The lowest BCUT2D eigenvalue weighted by Crippen LogP contribution is -2.19. The van der Waals surface area contributed by atoms with Gasteiger partial charge in [0.25, 0.3) is 0 Å². The highest BCUT2D eigenvalue weighted by Crippen LogP contribution is 2.27. The molecule has 0 atom stereocenters. The van der Waals surface area contributed by atoms with Crippen molar-refractivity contribution in [3.8, 4) is 5.75 Å². The molecule has 0 aliphatic rings. The molecule has 0 saturated heterocycles. The van der Waals surface area contributed by atoms with Crippen LogP contribution in [0.25, 0.3) is 0 Å². The molecule has 0 spiro atoms. The van der Waals surface area contributed by atoms with Crippen LogP contribution in [0.15, 0.2) is 18.2 Å². The molecule has 1 aromatic carbocycles. The van der Waals surface area contributed by atoms with E-state index < -0.39 is 6.03 Å². The summed E-state index contributed by atoms with van der Waals surface area (Å²) in [4.78, 5) is 22.7. The van der Waals surface area contributed by atoms with Crippen molar-refractivity contribution in [3.05, 3.63) is 18.2 Å². The summed E-state index contributed by atoms with van der Waals surface area (Å²) >= 11 is 0. The van der Waals surface area contributed by atoms with Gasteiger partial charge in [-0.1, -0.05) is 12.8 Å². The van der Waals surface area contributed by atoms with E-state index in [2.05, 4.69) is 10.6 Å². The minimum absolute atomic E-state index is 0.0505. The minimum Gasteiger partial charge on any atom is -0.494 e. The highest BCUT2D eigenvalue weighted by atomic mass is 16.5. The van der Waals surface area contributed by atoms with E-state index in [1.807, 2.05) is 0 Å². The van der Waals surface area contributed by atoms with Gasteiger partial charge < -0.3 is 26.8 Å². The van der Waals surface area contributed by atoms with E-state index >= 15 is 0 Å². The first-order valence-electron chi connectivity index (χ1n) is 7.31. The molecule has 22 heavy (non-hydrogen) atoms. The average molecular weight is 308 g/mol. The van der Waals surface area contributed by atoms with Gasteiger partial charge in [0.15, 0.2) is 0 Å². The predicted octanol–water partition coefficient (Wildman–Crippen LogP) is 2.03. The van der Waals surface area contributed by atoms with Gasteiger partial charge in [0.05, 0.1) is 12.8 Å². The van der Waals surface area contributed by atoms with Gasteiger partial charge in [-0.25, -0.2) is 4.79 Å². The summed E-state index contributed by atoms with van der Waals surface area (Å²) in [6, 6.07) is 4.27. The minimum atomic E-state index is -0.674. The Morgan fingerprint density at radius 2 is 1.86 bits per heavy atom. The van der Waals surface area contributed by atoms with Gasteiger partial charge in [-0.15, -0.1) is 0 Å². The van der Waals surface area contributed by atoms with Gasteiger partial charge in [-0.2, -0.15) is 0 Å². The second kappa shape index (κ2) is 9.62. The molecule has 0 aliphatic carbocycles. The number of anilines is 2. The Morgan fingerprint density at radius 1 is 1.14 bits per heavy atom. The molecule has 1 rings (SSSR count). The van der Waals surface area contributed by atoms with E-state index in [0.29, 0.717) is 30.1 Å². The number of nitrogens with two attached hydrogens (primary N) is 2. The molecule has 6 N–H and O–H groups in total. The molecule has 3 amide bonds. The number of nitrogens with one attached hydrogen (secondary N) is 2. The van der Waals surface area contributed by atoms with Gasteiger partial charge in [-0.3, -0.25) is 4.79 Å². The fourth-order valence-corrected chi connectivity index (χ4v) is 2.01. The summed E-state index contributed by atoms with van der Waals surface area (Å²) in [7, 11) is 1.48. The number of ether oxygens (including phenoxy) is 1. The lowest BCUT2D eigenvalue weighted by Gasteiger charge is -2.11. The normalized spacial score (nSPS) is 10.1. The van der Waals surface area contributed by atoms with Crippen molar-refractivity contribution in [3.63, 3.8) is 0 Å². The van der Waals surface area contributed by atoms with Crippen LogP contribution in [0.5, 0.6) is 5.75 Å². The number of urea groups is 1. The summed E-state index contributed by atoms with van der Waals surface area (Å²) in [5.74, 6) is 0.380. The second-order valence-electron chi connectivity index (χ2n) is 4.91. The lowest BCUT2D eigenvalue weighted by atomic mass is 10.1. The fraction of sp³-hybridized carbons (Fsp3) is 0.467. The zero-order valence-electron chi connectivity index (χ0n) is 12.9. The zero-order valence-corrected chi connectivity index (χ0v) is 12.9. The summed E-state index contributed by atoms with van der Waals surface area (Å²) in [6.07, 6.45) is 4.34. The number of rotatable bonds is 9. The van der Waals surface area contributed by atoms with E-state index in [9.17, 15) is 9.59 Å². The Hall–Kier alpha value is -2.28. The smallest absolute Gasteiger partial charge is 0.316 e. The van der Waals surface area contributed by atoms with Crippen molar-refractivity contribution in [2.24, 2.45) is 11.5 Å². The number of carbonyl (C=O) groups is 2. The molecule has 7 heteroatoms. The van der Waals surface area contributed by atoms with Gasteiger partial charge in [0.2, 0.25) is 5.91 Å². The molecule has 0 aliphatic heterocycles. The maximum Gasteiger partial charge on any atom is 0.316 e. The number of amides is 3. The number of methoxy groups -OCH3 is 1. The summed E-state index contributed by atoms with van der Waals surface area (Å²) in [5.41, 5.74) is 11.6. The average Bonchev–Trinajstić information content (AvgIpc) is 2.48. The Bertz CT molecular complexity index is 506. The standard InChI is InChI=1S/C15H24N4O3/c1-22-13-10-11(7-8-12(13)19-15(17)21)18-14(20)6-4-2-3-5-9-16/h7-8,10H,2-6,9,16H2,1H3,(H,18,20)(H3,17,19,21). The van der Waals surface area contributed by atoms with Crippen LogP contribution in [0, 0.1) is 0 Å². The molecule has 0 saturated carbocycles. The fourth-order valence-electron chi connectivity index (χ4n) is 2.01. The third-order valence-corrected chi connectivity index (χ3v) is 3.10. The Labute approximate surface area is 130 Å². The Kier molecular flexibility index (Phi) is 7.77. The summed E-state index contributed by atoms with van der Waals surface area (Å²) in [5, 5.41) is 5.25. The van der Waals surface area contributed by atoms with Gasteiger partial charge >= 0.3 is 6.03 Å². The first kappa shape index (κ1) is 17.8. The van der Waals surface area contributed by atoms with E-state index in [-0.39, 0.29) is 5.91 Å². The van der Waals surface area contributed by atoms with Crippen molar-refractivity contribution in [1.29, 1.82) is 0 Å². The maximum absolute atomic E-state index is 11.8. The van der Waals surface area contributed by atoms with Crippen LogP contribution < -0.4 is 26.8 Å². The van der Waals surface area contributed by atoms with Crippen molar-refractivity contribution in [1.82, 2.24) is 0 Å². The van der Waals surface area contributed by atoms with Crippen LogP contribution in [0.2, 0.25) is 0 Å². The molecule has 122 valence electrons. The zero-order chi connectivity index (χ0) is 16.4. The van der Waals surface area contributed by atoms with Crippen LogP contribution in [-0.2, 0) is 4.79 Å². The first-order chi connectivity index (χ1) is 10.6. The molecule has 0 unspecified atom stereocenters. The number of benzene rings is 1. The second-order valence-corrected chi connectivity index (χ2v) is 4.91. The van der Waals surface area contributed by atoms with E-state index in [1.165, 1.54) is 7.11 Å². The van der Waals surface area contributed by atoms with Gasteiger partial charge in [-0.05, 0) is 31.5 Å². The molecular weight excluding hydrogens is 284 g/mol. The topological polar surface area (TPSA) is 119 Å². The third kappa shape index (κ3) is 6.45. The summed E-state index contributed by atoms with van der Waals surface area (Å²) in [6.45, 7) is 0.692. The van der Waals surface area contributed by atoms with Crippen molar-refractivity contribution >= 4 is 23.3 Å². The number of hydrogen-bond donors (Lipinski definition) is 4. The van der Waals surface area contributed by atoms with E-state index in [4.69, 9.17) is 16.2 Å². The summed E-state index contributed by atoms with van der Waals surface area (Å²) < 4.78 is 5.16. The van der Waals surface area contributed by atoms with E-state index in [0.717, 1.165) is 25.7 Å². The number of carbonyl (C=O) groups excluding carboxylic acids is 2. The largest absolute Gasteiger partial charge is 0.494 e. The van der Waals surface area contributed by atoms with Crippen LogP contribution in [0.1, 0.15) is 32.1 Å². The van der Waals surface area contributed by atoms with Gasteiger partial charge in [0, 0.05) is 18.2 Å². The molecule has 7 nitrogen and oxygen atoms in total. The molecular formula is C15H24N4O3. The van der Waals surface area contributed by atoms with Gasteiger partial charge in [0.1, 0.15) is 5.75 Å². The molecule has 0 bridgehead atoms. The quantitative estimate of drug-likeness (QED) is 0.522. The number of primary amides is 1. The highest BCUT2D eigenvalue weighted by Gasteiger charge is 2.08. The molecule has 1 aromatic rings. The molecule has 0 radical (unpaired) electrons. The molecule has 0 fully saturated rings. The van der Waals surface area contributed by atoms with E-state index in [1.54, 1.807) is 18.2 Å². The van der Waals surface area contributed by atoms with Crippen molar-refractivity contribution < 1.29 is 14.3 Å². The van der Waals surface area contributed by atoms with Crippen LogP contribution in [0.4, 0.5) is 16.2 Å². The Morgan fingerprint density at radius 3 is 2.50 bits per heavy atom. The number of unbranched alkanes of at least 4 members (excludes halogenated alkanes) is 3. The third-order valence-electron chi connectivity index (χ3n) is 3.10. The van der Waals surface area contributed by atoms with Crippen LogP contribution >= 0.6 is 0 Å². The number of hydrogen-bond acceptors (Lipinski definition) is 4. The predicted molar refractivity (Wildman–Crippen MR) is 87.0 cm³/mol. The van der Waals surface area contributed by atoms with Crippen molar-refractivity contribution in [2.45, 2.75) is 32.1 Å². The van der Waals surface area contributed by atoms with Crippen LogP contribution in [0.3, 0.4) is 0 Å². The molecule has 0 heterocycles. The monoisotopic (exact) mass is 308 g/mol. The first-order valence-corrected chi connectivity index (χ1v) is 7.31. The van der Waals surface area contributed by atoms with Crippen LogP contribution in [-0.4, -0.2) is 25.6 Å². The maximum atomic E-state index is 11.8. The highest BCUT2D eigenvalue weighted by molar-refractivity contribution is 5.93. The van der Waals surface area contributed by atoms with Crippen molar-refractivity contribution in [2.75, 3.05) is 24.3 Å².